The molecule has 0 bridgehead atoms. The van der Waals surface area contributed by atoms with E-state index in [0.29, 0.717) is 0 Å². The molecule has 0 aliphatic carbocycles. The van der Waals surface area contributed by atoms with Gasteiger partial charge in [0.05, 0.1) is 5.69 Å². The number of rotatable bonds is 4. The second kappa shape index (κ2) is 8.85. The van der Waals surface area contributed by atoms with Crippen LogP contribution in [-0.2, 0) is 0 Å². The van der Waals surface area contributed by atoms with E-state index in [-0.39, 0.29) is 36.8 Å². The van der Waals surface area contributed by atoms with Crippen LogP contribution in [0.4, 0.5) is 0 Å². The van der Waals surface area contributed by atoms with E-state index in [1.54, 1.807) is 0 Å². The van der Waals surface area contributed by atoms with Crippen LogP contribution < -0.4 is 5.32 Å². The SMILES string of the molecule is CNCC1CCCN1C(=O)c1sc(-c2ccc(C)o2)nc1C.Cl.Cl. The molecule has 1 atom stereocenters. The maximum absolute atomic E-state index is 12.8. The van der Waals surface area contributed by atoms with Crippen molar-refractivity contribution in [3.8, 4) is 10.8 Å². The van der Waals surface area contributed by atoms with Crippen LogP contribution in [0.15, 0.2) is 16.5 Å². The van der Waals surface area contributed by atoms with Gasteiger partial charge in [0.25, 0.3) is 5.91 Å². The number of aryl methyl sites for hydroxylation is 2. The number of carbonyl (C=O) groups excluding carboxylic acids is 1. The molecule has 1 aliphatic rings. The lowest BCUT2D eigenvalue weighted by molar-refractivity contribution is 0.0741. The third-order valence-electron chi connectivity index (χ3n) is 4.02. The van der Waals surface area contributed by atoms with Gasteiger partial charge in [-0.25, -0.2) is 4.98 Å². The number of thiazole rings is 1. The molecule has 0 radical (unpaired) electrons. The highest BCUT2D eigenvalue weighted by molar-refractivity contribution is 7.17. The number of likely N-dealkylation sites (N-methyl/N-ethyl adjacent to an activating group) is 1. The molecule has 1 N–H and O–H groups in total. The monoisotopic (exact) mass is 391 g/mol. The van der Waals surface area contributed by atoms with Crippen LogP contribution in [0.1, 0.15) is 34.0 Å². The van der Waals surface area contributed by atoms with E-state index in [1.165, 1.54) is 11.3 Å². The molecule has 5 nitrogen and oxygen atoms in total. The zero-order valence-corrected chi connectivity index (χ0v) is 16.4. The van der Waals surface area contributed by atoms with Crippen molar-refractivity contribution in [2.45, 2.75) is 32.7 Å². The van der Waals surface area contributed by atoms with Crippen molar-refractivity contribution in [3.05, 3.63) is 28.5 Å². The van der Waals surface area contributed by atoms with Crippen LogP contribution in [-0.4, -0.2) is 42.0 Å². The summed E-state index contributed by atoms with van der Waals surface area (Å²) in [6, 6.07) is 4.10. The molecule has 1 fully saturated rings. The van der Waals surface area contributed by atoms with Crippen LogP contribution >= 0.6 is 36.2 Å². The summed E-state index contributed by atoms with van der Waals surface area (Å²) in [6.07, 6.45) is 2.13. The number of nitrogens with one attached hydrogen (secondary N) is 1. The van der Waals surface area contributed by atoms with Gasteiger partial charge in [0, 0.05) is 19.1 Å². The molecule has 0 saturated carbocycles. The average Bonchev–Trinajstić information content (AvgIpc) is 3.18. The molecule has 24 heavy (non-hydrogen) atoms. The van der Waals surface area contributed by atoms with Crippen LogP contribution in [0.2, 0.25) is 0 Å². The number of furan rings is 1. The van der Waals surface area contributed by atoms with Crippen molar-refractivity contribution < 1.29 is 9.21 Å². The summed E-state index contributed by atoms with van der Waals surface area (Å²) >= 11 is 1.42. The second-order valence-electron chi connectivity index (χ2n) is 5.70. The molecule has 1 aliphatic heterocycles. The van der Waals surface area contributed by atoms with Crippen molar-refractivity contribution in [1.82, 2.24) is 15.2 Å². The molecule has 2 aromatic heterocycles. The number of hydrogen-bond acceptors (Lipinski definition) is 5. The Bertz CT molecular complexity index is 687. The first-order valence-electron chi connectivity index (χ1n) is 7.60. The fraction of sp³-hybridized carbons (Fsp3) is 0.500. The molecular formula is C16H23Cl2N3O2S. The van der Waals surface area contributed by atoms with Gasteiger partial charge in [-0.1, -0.05) is 0 Å². The number of nitrogens with zero attached hydrogens (tertiary/aromatic N) is 2. The molecule has 0 aromatic carbocycles. The smallest absolute Gasteiger partial charge is 0.266 e. The van der Waals surface area contributed by atoms with Gasteiger partial charge in [-0.15, -0.1) is 36.2 Å². The van der Waals surface area contributed by atoms with Gasteiger partial charge in [-0.2, -0.15) is 0 Å². The maximum atomic E-state index is 12.8. The first-order chi connectivity index (χ1) is 10.6. The minimum absolute atomic E-state index is 0. The van der Waals surface area contributed by atoms with E-state index in [1.807, 2.05) is 37.9 Å². The molecule has 1 unspecified atom stereocenters. The lowest BCUT2D eigenvalue weighted by atomic mass is 10.2. The normalized spacial score (nSPS) is 16.6. The van der Waals surface area contributed by atoms with Crippen molar-refractivity contribution >= 4 is 42.1 Å². The molecular weight excluding hydrogens is 369 g/mol. The molecule has 1 amide bonds. The van der Waals surface area contributed by atoms with E-state index < -0.39 is 0 Å². The summed E-state index contributed by atoms with van der Waals surface area (Å²) in [7, 11) is 1.93. The number of aromatic nitrogens is 1. The van der Waals surface area contributed by atoms with Gasteiger partial charge in [0.15, 0.2) is 10.8 Å². The van der Waals surface area contributed by atoms with Crippen molar-refractivity contribution in [3.63, 3.8) is 0 Å². The van der Waals surface area contributed by atoms with E-state index in [4.69, 9.17) is 4.42 Å². The number of hydrogen-bond donors (Lipinski definition) is 1. The van der Waals surface area contributed by atoms with Gasteiger partial charge in [-0.05, 0) is 45.9 Å². The van der Waals surface area contributed by atoms with E-state index >= 15 is 0 Å². The van der Waals surface area contributed by atoms with Crippen LogP contribution in [0.3, 0.4) is 0 Å². The molecule has 3 rings (SSSR count). The Labute approximate surface area is 158 Å². The quantitative estimate of drug-likeness (QED) is 0.862. The average molecular weight is 392 g/mol. The lowest BCUT2D eigenvalue weighted by Crippen LogP contribution is -2.40. The Kier molecular flexibility index (Phi) is 7.73. The lowest BCUT2D eigenvalue weighted by Gasteiger charge is -2.24. The topological polar surface area (TPSA) is 58.4 Å². The van der Waals surface area contributed by atoms with E-state index in [9.17, 15) is 4.79 Å². The summed E-state index contributed by atoms with van der Waals surface area (Å²) in [5, 5.41) is 3.95. The molecule has 3 heterocycles. The van der Waals surface area contributed by atoms with Gasteiger partial charge in [-0.3, -0.25) is 4.79 Å². The summed E-state index contributed by atoms with van der Waals surface area (Å²) in [4.78, 5) is 20.1. The predicted octanol–water partition coefficient (Wildman–Crippen LogP) is 3.69. The zero-order valence-electron chi connectivity index (χ0n) is 14.0. The maximum Gasteiger partial charge on any atom is 0.266 e. The van der Waals surface area contributed by atoms with Crippen molar-refractivity contribution in [2.75, 3.05) is 20.1 Å². The predicted molar refractivity (Wildman–Crippen MR) is 102 cm³/mol. The summed E-state index contributed by atoms with van der Waals surface area (Å²) in [6.45, 7) is 5.47. The second-order valence-corrected chi connectivity index (χ2v) is 6.70. The fourth-order valence-electron chi connectivity index (χ4n) is 2.93. The Hall–Kier alpha value is -1.08. The third-order valence-corrected chi connectivity index (χ3v) is 5.18. The highest BCUT2D eigenvalue weighted by atomic mass is 35.5. The summed E-state index contributed by atoms with van der Waals surface area (Å²) in [5.41, 5.74) is 0.786. The van der Waals surface area contributed by atoms with Crippen molar-refractivity contribution in [2.24, 2.45) is 0 Å². The highest BCUT2D eigenvalue weighted by Gasteiger charge is 2.31. The third kappa shape index (κ3) is 4.11. The molecule has 134 valence electrons. The first kappa shape index (κ1) is 21.0. The highest BCUT2D eigenvalue weighted by Crippen LogP contribution is 2.31. The zero-order chi connectivity index (χ0) is 15.7. The number of likely N-dealkylation sites (tertiary alicyclic amines) is 1. The minimum Gasteiger partial charge on any atom is -0.459 e. The van der Waals surface area contributed by atoms with Gasteiger partial charge >= 0.3 is 0 Å². The van der Waals surface area contributed by atoms with E-state index in [2.05, 4.69) is 10.3 Å². The Morgan fingerprint density at radius 3 is 2.79 bits per heavy atom. The van der Waals surface area contributed by atoms with Crippen LogP contribution in [0.5, 0.6) is 0 Å². The number of amides is 1. The largest absolute Gasteiger partial charge is 0.459 e. The van der Waals surface area contributed by atoms with E-state index in [0.717, 1.165) is 53.0 Å². The Morgan fingerprint density at radius 1 is 1.42 bits per heavy atom. The van der Waals surface area contributed by atoms with Crippen molar-refractivity contribution in [1.29, 1.82) is 0 Å². The molecule has 8 heteroatoms. The number of carbonyl (C=O) groups is 1. The van der Waals surface area contributed by atoms with Crippen LogP contribution in [0.25, 0.3) is 10.8 Å². The number of halogens is 2. The van der Waals surface area contributed by atoms with Crippen LogP contribution in [0, 0.1) is 13.8 Å². The van der Waals surface area contributed by atoms with Gasteiger partial charge in [0.2, 0.25) is 0 Å². The molecule has 1 saturated heterocycles. The van der Waals surface area contributed by atoms with Gasteiger partial charge < -0.3 is 14.6 Å². The molecule has 2 aromatic rings. The summed E-state index contributed by atoms with van der Waals surface area (Å²) < 4.78 is 5.62. The fourth-order valence-corrected chi connectivity index (χ4v) is 3.92. The van der Waals surface area contributed by atoms with Gasteiger partial charge in [0.1, 0.15) is 10.6 Å². The Morgan fingerprint density at radius 2 is 2.17 bits per heavy atom. The standard InChI is InChI=1S/C16H21N3O2S.2ClH/c1-10-6-7-13(21-10)15-18-11(2)14(22-15)16(20)19-8-4-5-12(19)9-17-3;;/h6-7,12,17H,4-5,8-9H2,1-3H3;2*1H. The molecule has 0 spiro atoms. The Balaban J connectivity index is 0.00000144. The minimum atomic E-state index is 0. The summed E-state index contributed by atoms with van der Waals surface area (Å²) in [5.74, 6) is 1.68. The first-order valence-corrected chi connectivity index (χ1v) is 8.41.